The average molecular weight is 392 g/mol. The van der Waals surface area contributed by atoms with Crippen molar-refractivity contribution in [2.24, 2.45) is 0 Å². The molecule has 3 aromatic rings. The molecule has 126 valence electrons. The molecule has 0 amide bonds. The summed E-state index contributed by atoms with van der Waals surface area (Å²) in [5.74, 6) is 0.724. The summed E-state index contributed by atoms with van der Waals surface area (Å²) in [7, 11) is 0. The van der Waals surface area contributed by atoms with Gasteiger partial charge in [0.25, 0.3) is 0 Å². The molecule has 3 rings (SSSR count). The van der Waals surface area contributed by atoms with E-state index in [0.717, 1.165) is 27.1 Å². The van der Waals surface area contributed by atoms with Crippen molar-refractivity contribution in [3.63, 3.8) is 0 Å². The van der Waals surface area contributed by atoms with Gasteiger partial charge in [0.15, 0.2) is 0 Å². The molecule has 0 N–H and O–H groups in total. The van der Waals surface area contributed by atoms with E-state index in [9.17, 15) is 4.79 Å². The summed E-state index contributed by atoms with van der Waals surface area (Å²) in [5.41, 5.74) is 3.38. The van der Waals surface area contributed by atoms with E-state index < -0.39 is 11.7 Å². The van der Waals surface area contributed by atoms with Crippen molar-refractivity contribution in [1.82, 2.24) is 14.7 Å². The van der Waals surface area contributed by atoms with Gasteiger partial charge in [-0.05, 0) is 68.2 Å². The highest BCUT2D eigenvalue weighted by Gasteiger charge is 2.21. The number of aryl methyl sites for hydroxylation is 2. The molecular weight excluding hydrogens is 374 g/mol. The molecule has 0 radical (unpaired) electrons. The molecule has 0 unspecified atom stereocenters. The fraction of sp³-hybridized carbons (Fsp3) is 0.353. The number of ether oxygens (including phenoxy) is 1. The van der Waals surface area contributed by atoms with E-state index in [1.165, 1.54) is 10.9 Å². The summed E-state index contributed by atoms with van der Waals surface area (Å²) < 4.78 is 12.9. The van der Waals surface area contributed by atoms with E-state index >= 15 is 0 Å². The lowest BCUT2D eigenvalue weighted by Gasteiger charge is -2.19. The number of hydrogen-bond acceptors (Lipinski definition) is 5. The maximum atomic E-state index is 12.4. The zero-order chi connectivity index (χ0) is 17.6. The van der Waals surface area contributed by atoms with Gasteiger partial charge >= 0.3 is 6.09 Å². The summed E-state index contributed by atoms with van der Waals surface area (Å²) >= 11 is 3.53. The summed E-state index contributed by atoms with van der Waals surface area (Å²) in [6.45, 7) is 9.23. The molecule has 0 saturated carbocycles. The highest BCUT2D eigenvalue weighted by Crippen LogP contribution is 2.33. The lowest BCUT2D eigenvalue weighted by atomic mass is 10.0. The Labute approximate surface area is 147 Å². The average Bonchev–Trinajstić information content (AvgIpc) is 3.01. The molecule has 1 aromatic carbocycles. The van der Waals surface area contributed by atoms with Crippen LogP contribution in [-0.2, 0) is 4.74 Å². The van der Waals surface area contributed by atoms with Gasteiger partial charge in [0.1, 0.15) is 23.2 Å². The second-order valence-electron chi connectivity index (χ2n) is 6.62. The standard InChI is InChI=1S/C17H18BrN3O3/c1-9-14(10(2)24-20-9)11-6-12(18)15-13(7-11)21(8-19-15)16(22)23-17(3,4)5/h6-8H,1-5H3. The largest absolute Gasteiger partial charge is 0.443 e. The molecule has 2 aromatic heterocycles. The van der Waals surface area contributed by atoms with Gasteiger partial charge in [-0.25, -0.2) is 14.3 Å². The highest BCUT2D eigenvalue weighted by molar-refractivity contribution is 9.10. The minimum Gasteiger partial charge on any atom is -0.443 e. The molecule has 7 heteroatoms. The van der Waals surface area contributed by atoms with E-state index in [-0.39, 0.29) is 0 Å². The van der Waals surface area contributed by atoms with Gasteiger partial charge in [-0.2, -0.15) is 0 Å². The van der Waals surface area contributed by atoms with Crippen molar-refractivity contribution in [2.75, 3.05) is 0 Å². The van der Waals surface area contributed by atoms with Crippen LogP contribution in [-0.4, -0.2) is 26.4 Å². The molecule has 0 bridgehead atoms. The zero-order valence-electron chi connectivity index (χ0n) is 14.2. The molecular formula is C17H18BrN3O3. The minimum absolute atomic E-state index is 0.465. The maximum absolute atomic E-state index is 12.4. The number of carbonyl (C=O) groups excluding carboxylic acids is 1. The third-order valence-corrected chi connectivity index (χ3v) is 4.12. The van der Waals surface area contributed by atoms with E-state index in [1.807, 2.05) is 46.8 Å². The summed E-state index contributed by atoms with van der Waals surface area (Å²) in [6, 6.07) is 3.84. The van der Waals surface area contributed by atoms with Crippen LogP contribution in [0.4, 0.5) is 4.79 Å². The van der Waals surface area contributed by atoms with Gasteiger partial charge in [0.05, 0.1) is 11.2 Å². The smallest absolute Gasteiger partial charge is 0.420 e. The zero-order valence-corrected chi connectivity index (χ0v) is 15.8. The molecule has 0 spiro atoms. The Balaban J connectivity index is 2.16. The Hall–Kier alpha value is -2.15. The number of carbonyl (C=O) groups is 1. The molecule has 6 nitrogen and oxygen atoms in total. The first-order chi connectivity index (χ1) is 11.2. The Morgan fingerprint density at radius 1 is 1.29 bits per heavy atom. The second kappa shape index (κ2) is 5.73. The number of rotatable bonds is 1. The maximum Gasteiger partial charge on any atom is 0.420 e. The van der Waals surface area contributed by atoms with Crippen LogP contribution in [0.25, 0.3) is 22.2 Å². The monoisotopic (exact) mass is 391 g/mol. The normalized spacial score (nSPS) is 11.9. The number of imidazole rings is 1. The third kappa shape index (κ3) is 2.96. The lowest BCUT2D eigenvalue weighted by molar-refractivity contribution is 0.0543. The van der Waals surface area contributed by atoms with Crippen LogP contribution in [0.3, 0.4) is 0 Å². The molecule has 2 heterocycles. The predicted molar refractivity (Wildman–Crippen MR) is 94.0 cm³/mol. The molecule has 0 fully saturated rings. The fourth-order valence-corrected chi connectivity index (χ4v) is 3.12. The molecule has 0 saturated heterocycles. The topological polar surface area (TPSA) is 70.2 Å². The Bertz CT molecular complexity index is 915. The van der Waals surface area contributed by atoms with E-state index in [1.54, 1.807) is 0 Å². The molecule has 0 atom stereocenters. The predicted octanol–water partition coefficient (Wildman–Crippen LogP) is 4.85. The fourth-order valence-electron chi connectivity index (χ4n) is 2.57. The van der Waals surface area contributed by atoms with Gasteiger partial charge in [-0.3, -0.25) is 0 Å². The quantitative estimate of drug-likeness (QED) is 0.592. The third-order valence-electron chi connectivity index (χ3n) is 3.52. The van der Waals surface area contributed by atoms with Crippen molar-refractivity contribution in [2.45, 2.75) is 40.2 Å². The number of nitrogens with zero attached hydrogens (tertiary/aromatic N) is 3. The Kier molecular flexibility index (Phi) is 3.99. The van der Waals surface area contributed by atoms with Crippen molar-refractivity contribution in [3.05, 3.63) is 34.4 Å². The number of aromatic nitrogens is 3. The first kappa shape index (κ1) is 16.7. The lowest BCUT2D eigenvalue weighted by Crippen LogP contribution is -2.26. The second-order valence-corrected chi connectivity index (χ2v) is 7.47. The minimum atomic E-state index is -0.579. The van der Waals surface area contributed by atoms with Crippen molar-refractivity contribution in [1.29, 1.82) is 0 Å². The molecule has 24 heavy (non-hydrogen) atoms. The first-order valence-corrected chi connectivity index (χ1v) is 8.30. The van der Waals surface area contributed by atoms with Crippen molar-refractivity contribution >= 4 is 33.1 Å². The Morgan fingerprint density at radius 3 is 2.58 bits per heavy atom. The summed E-state index contributed by atoms with van der Waals surface area (Å²) in [6.07, 6.45) is 1.01. The number of halogens is 1. The van der Waals surface area contributed by atoms with Crippen LogP contribution in [0.5, 0.6) is 0 Å². The molecule has 0 aliphatic carbocycles. The van der Waals surface area contributed by atoms with Gasteiger partial charge < -0.3 is 9.26 Å². The van der Waals surface area contributed by atoms with Crippen LogP contribution in [0.1, 0.15) is 32.2 Å². The number of hydrogen-bond donors (Lipinski definition) is 0. The van der Waals surface area contributed by atoms with Gasteiger partial charge in [0.2, 0.25) is 0 Å². The van der Waals surface area contributed by atoms with E-state index in [2.05, 4.69) is 26.1 Å². The summed E-state index contributed by atoms with van der Waals surface area (Å²) in [4.78, 5) is 16.7. The van der Waals surface area contributed by atoms with Crippen molar-refractivity contribution in [3.8, 4) is 11.1 Å². The van der Waals surface area contributed by atoms with Crippen LogP contribution >= 0.6 is 15.9 Å². The van der Waals surface area contributed by atoms with Crippen LogP contribution in [0.15, 0.2) is 27.5 Å². The first-order valence-electron chi connectivity index (χ1n) is 7.50. The van der Waals surface area contributed by atoms with E-state index in [0.29, 0.717) is 11.0 Å². The summed E-state index contributed by atoms with van der Waals surface area (Å²) in [5, 5.41) is 3.99. The van der Waals surface area contributed by atoms with Gasteiger partial charge in [-0.15, -0.1) is 0 Å². The van der Waals surface area contributed by atoms with Crippen LogP contribution in [0.2, 0.25) is 0 Å². The van der Waals surface area contributed by atoms with Crippen LogP contribution in [0, 0.1) is 13.8 Å². The molecule has 0 aliphatic rings. The van der Waals surface area contributed by atoms with Crippen LogP contribution < -0.4 is 0 Å². The number of benzene rings is 1. The number of fused-ring (bicyclic) bond motifs is 1. The highest BCUT2D eigenvalue weighted by atomic mass is 79.9. The molecule has 0 aliphatic heterocycles. The Morgan fingerprint density at radius 2 is 2.00 bits per heavy atom. The van der Waals surface area contributed by atoms with Gasteiger partial charge in [0, 0.05) is 10.0 Å². The van der Waals surface area contributed by atoms with Crippen molar-refractivity contribution < 1.29 is 14.1 Å². The van der Waals surface area contributed by atoms with Gasteiger partial charge in [-0.1, -0.05) is 5.16 Å². The van der Waals surface area contributed by atoms with E-state index in [4.69, 9.17) is 9.26 Å². The SMILES string of the molecule is Cc1noc(C)c1-c1cc(Br)c2ncn(C(=O)OC(C)(C)C)c2c1.